The molecule has 9 heteroatoms. The van der Waals surface area contributed by atoms with Crippen molar-refractivity contribution in [2.45, 2.75) is 31.9 Å². The molecule has 1 aromatic rings. The predicted molar refractivity (Wildman–Crippen MR) is 81.6 cm³/mol. The molecule has 1 heterocycles. The highest BCUT2D eigenvalue weighted by Crippen LogP contribution is 2.34. The number of amides is 1. The molecule has 1 aromatic carbocycles. The van der Waals surface area contributed by atoms with Crippen molar-refractivity contribution in [1.82, 2.24) is 4.90 Å². The molecule has 132 valence electrons. The zero-order valence-electron chi connectivity index (χ0n) is 12.9. The van der Waals surface area contributed by atoms with Gasteiger partial charge < -0.3 is 10.2 Å². The third-order valence-electron chi connectivity index (χ3n) is 3.88. The molecule has 0 unspecified atom stereocenters. The van der Waals surface area contributed by atoms with Gasteiger partial charge in [-0.2, -0.15) is 13.2 Å². The van der Waals surface area contributed by atoms with Crippen LogP contribution in [-0.4, -0.2) is 35.4 Å². The number of carbonyl (C=O) groups is 1. The zero-order valence-corrected chi connectivity index (χ0v) is 12.9. The minimum Gasteiger partial charge on any atom is -0.379 e. The normalized spacial score (nSPS) is 15.2. The summed E-state index contributed by atoms with van der Waals surface area (Å²) in [4.78, 5) is 23.8. The molecule has 1 fully saturated rings. The maximum atomic E-state index is 12.6. The summed E-state index contributed by atoms with van der Waals surface area (Å²) in [5.41, 5.74) is -1.76. The molecule has 1 aliphatic heterocycles. The lowest BCUT2D eigenvalue weighted by atomic mass is 10.1. The lowest BCUT2D eigenvalue weighted by Gasteiger charge is -2.26. The number of benzene rings is 1. The van der Waals surface area contributed by atoms with Crippen LogP contribution >= 0.6 is 0 Å². The van der Waals surface area contributed by atoms with Crippen molar-refractivity contribution in [1.29, 1.82) is 0 Å². The van der Waals surface area contributed by atoms with Gasteiger partial charge in [-0.15, -0.1) is 0 Å². The van der Waals surface area contributed by atoms with Gasteiger partial charge in [0, 0.05) is 32.1 Å². The Kier molecular flexibility index (Phi) is 5.63. The fourth-order valence-corrected chi connectivity index (χ4v) is 2.61. The highest BCUT2D eigenvalue weighted by atomic mass is 19.4. The van der Waals surface area contributed by atoms with Crippen molar-refractivity contribution in [2.24, 2.45) is 0 Å². The monoisotopic (exact) mass is 345 g/mol. The zero-order chi connectivity index (χ0) is 17.7. The largest absolute Gasteiger partial charge is 0.416 e. The van der Waals surface area contributed by atoms with E-state index in [-0.39, 0.29) is 24.6 Å². The fraction of sp³-hybridized carbons (Fsp3) is 0.533. The third kappa shape index (κ3) is 4.59. The first kappa shape index (κ1) is 18.0. The van der Waals surface area contributed by atoms with Crippen LogP contribution in [0.5, 0.6) is 0 Å². The van der Waals surface area contributed by atoms with Crippen LogP contribution in [0.2, 0.25) is 0 Å². The summed E-state index contributed by atoms with van der Waals surface area (Å²) in [5, 5.41) is 13.7. The van der Waals surface area contributed by atoms with Crippen LogP contribution in [-0.2, 0) is 11.0 Å². The molecule has 0 aliphatic carbocycles. The molecule has 0 aromatic heterocycles. The number of nitrogens with zero attached hydrogens (tertiary/aromatic N) is 2. The van der Waals surface area contributed by atoms with E-state index in [0.29, 0.717) is 19.2 Å². The van der Waals surface area contributed by atoms with E-state index in [9.17, 15) is 28.1 Å². The van der Waals surface area contributed by atoms with Crippen LogP contribution in [0.15, 0.2) is 18.2 Å². The molecular formula is C15H18F3N3O3. The summed E-state index contributed by atoms with van der Waals surface area (Å²) in [6.07, 6.45) is -1.49. The third-order valence-corrected chi connectivity index (χ3v) is 3.88. The van der Waals surface area contributed by atoms with Gasteiger partial charge in [-0.1, -0.05) is 0 Å². The van der Waals surface area contributed by atoms with E-state index in [2.05, 4.69) is 5.32 Å². The van der Waals surface area contributed by atoms with Crippen LogP contribution in [0.25, 0.3) is 0 Å². The molecule has 0 bridgehead atoms. The molecule has 1 amide bonds. The van der Waals surface area contributed by atoms with Crippen LogP contribution in [0, 0.1) is 10.1 Å². The average molecular weight is 345 g/mol. The molecule has 0 atom stereocenters. The molecule has 6 nitrogen and oxygen atoms in total. The second-order valence-electron chi connectivity index (χ2n) is 5.61. The molecule has 0 spiro atoms. The Morgan fingerprint density at radius 3 is 2.50 bits per heavy atom. The van der Waals surface area contributed by atoms with Crippen molar-refractivity contribution >= 4 is 17.3 Å². The first-order valence-corrected chi connectivity index (χ1v) is 7.66. The maximum absolute atomic E-state index is 12.6. The van der Waals surface area contributed by atoms with E-state index in [1.54, 1.807) is 4.90 Å². The number of nitro benzene ring substituents is 1. The second-order valence-corrected chi connectivity index (χ2v) is 5.61. The average Bonchev–Trinajstić information content (AvgIpc) is 2.54. The Hall–Kier alpha value is -2.32. The van der Waals surface area contributed by atoms with Gasteiger partial charge in [-0.3, -0.25) is 14.9 Å². The number of anilines is 1. The standard InChI is InChI=1S/C15H18F3N3O3/c16-15(17,18)11-4-5-12(13(10-11)21(23)24)19-7-6-14(22)20-8-2-1-3-9-20/h4-5,10,19H,1-3,6-9H2. The number of alkyl halides is 3. The minimum atomic E-state index is -4.65. The molecule has 0 radical (unpaired) electrons. The number of likely N-dealkylation sites (tertiary alicyclic amines) is 1. The quantitative estimate of drug-likeness (QED) is 0.655. The molecule has 1 N–H and O–H groups in total. The topological polar surface area (TPSA) is 75.5 Å². The highest BCUT2D eigenvalue weighted by Gasteiger charge is 2.33. The fourth-order valence-electron chi connectivity index (χ4n) is 2.61. The van der Waals surface area contributed by atoms with Crippen LogP contribution in [0.3, 0.4) is 0 Å². The van der Waals surface area contributed by atoms with Gasteiger partial charge in [0.2, 0.25) is 5.91 Å². The summed E-state index contributed by atoms with van der Waals surface area (Å²) in [7, 11) is 0. The van der Waals surface area contributed by atoms with Crippen LogP contribution < -0.4 is 5.32 Å². The van der Waals surface area contributed by atoms with Gasteiger partial charge >= 0.3 is 6.18 Å². The van der Waals surface area contributed by atoms with Gasteiger partial charge in [0.1, 0.15) is 5.69 Å². The number of hydrogen-bond donors (Lipinski definition) is 1. The molecule has 1 aliphatic rings. The first-order valence-electron chi connectivity index (χ1n) is 7.66. The van der Waals surface area contributed by atoms with Crippen LogP contribution in [0.4, 0.5) is 24.5 Å². The van der Waals surface area contributed by atoms with Gasteiger partial charge in [0.25, 0.3) is 5.69 Å². The number of nitrogens with one attached hydrogen (secondary N) is 1. The maximum Gasteiger partial charge on any atom is 0.416 e. The van der Waals surface area contributed by atoms with Crippen molar-refractivity contribution < 1.29 is 22.9 Å². The number of carbonyl (C=O) groups excluding carboxylic acids is 1. The Morgan fingerprint density at radius 2 is 1.92 bits per heavy atom. The van der Waals surface area contributed by atoms with Gasteiger partial charge in [0.05, 0.1) is 10.5 Å². The van der Waals surface area contributed by atoms with Crippen molar-refractivity contribution in [2.75, 3.05) is 25.0 Å². The predicted octanol–water partition coefficient (Wildman–Crippen LogP) is 3.43. The van der Waals surface area contributed by atoms with E-state index in [1.165, 1.54) is 0 Å². The van der Waals surface area contributed by atoms with E-state index in [4.69, 9.17) is 0 Å². The molecule has 2 rings (SSSR count). The van der Waals surface area contributed by atoms with Crippen LogP contribution in [0.1, 0.15) is 31.2 Å². The van der Waals surface area contributed by atoms with Crippen molar-refractivity contribution in [3.8, 4) is 0 Å². The highest BCUT2D eigenvalue weighted by molar-refractivity contribution is 5.77. The summed E-state index contributed by atoms with van der Waals surface area (Å²) >= 11 is 0. The summed E-state index contributed by atoms with van der Waals surface area (Å²) < 4.78 is 37.9. The number of nitro groups is 1. The van der Waals surface area contributed by atoms with E-state index in [1.807, 2.05) is 0 Å². The second kappa shape index (κ2) is 7.50. The lowest BCUT2D eigenvalue weighted by Crippen LogP contribution is -2.36. The number of hydrogen-bond acceptors (Lipinski definition) is 4. The van der Waals surface area contributed by atoms with Gasteiger partial charge in [0.15, 0.2) is 0 Å². The molecule has 24 heavy (non-hydrogen) atoms. The summed E-state index contributed by atoms with van der Waals surface area (Å²) in [6, 6.07) is 2.29. The smallest absolute Gasteiger partial charge is 0.379 e. The van der Waals surface area contributed by atoms with Crippen molar-refractivity contribution in [3.63, 3.8) is 0 Å². The molecular weight excluding hydrogens is 327 g/mol. The van der Waals surface area contributed by atoms with E-state index < -0.39 is 22.4 Å². The number of rotatable bonds is 5. The van der Waals surface area contributed by atoms with E-state index in [0.717, 1.165) is 31.4 Å². The minimum absolute atomic E-state index is 0.0283. The van der Waals surface area contributed by atoms with Crippen molar-refractivity contribution in [3.05, 3.63) is 33.9 Å². The summed E-state index contributed by atoms with van der Waals surface area (Å²) in [5.74, 6) is -0.0586. The Morgan fingerprint density at radius 1 is 1.25 bits per heavy atom. The summed E-state index contributed by atoms with van der Waals surface area (Å²) in [6.45, 7) is 1.54. The Balaban J connectivity index is 1.98. The van der Waals surface area contributed by atoms with E-state index >= 15 is 0 Å². The number of halogens is 3. The Labute approximate surface area is 136 Å². The first-order chi connectivity index (χ1) is 11.3. The Bertz CT molecular complexity index is 614. The van der Waals surface area contributed by atoms with Gasteiger partial charge in [-0.25, -0.2) is 0 Å². The number of piperidine rings is 1. The van der Waals surface area contributed by atoms with Gasteiger partial charge in [-0.05, 0) is 31.4 Å². The molecule has 0 saturated carbocycles. The SMILES string of the molecule is O=C(CCNc1ccc(C(F)(F)F)cc1[N+](=O)[O-])N1CCCCC1. The lowest BCUT2D eigenvalue weighted by molar-refractivity contribution is -0.384. The molecule has 1 saturated heterocycles.